The topological polar surface area (TPSA) is 135 Å². The van der Waals surface area contributed by atoms with E-state index < -0.39 is 49.4 Å². The molecule has 6 unspecified atom stereocenters. The van der Waals surface area contributed by atoms with Crippen LogP contribution in [0.3, 0.4) is 0 Å². The van der Waals surface area contributed by atoms with E-state index in [1.807, 2.05) is 12.2 Å². The first kappa shape index (κ1) is 56.1. The van der Waals surface area contributed by atoms with Gasteiger partial charge in [-0.1, -0.05) is 169 Å². The van der Waals surface area contributed by atoms with Crippen LogP contribution in [0.25, 0.3) is 0 Å². The SMILES string of the molecule is CC/C=C\C/C=C\C/C=C\C/C=C\C/C=C\C/C=C\CCC(=O)OC(COCCCCCCCCCC/C=C\C/C=C\CCCCCC)COC1OC(CO)C(O)C(O)C1O. The van der Waals surface area contributed by atoms with Gasteiger partial charge in [0.2, 0.25) is 0 Å². The van der Waals surface area contributed by atoms with Crippen LogP contribution in [0.5, 0.6) is 0 Å². The maximum atomic E-state index is 12.8. The number of carbonyl (C=O) groups is 1. The second kappa shape index (κ2) is 42.4. The van der Waals surface area contributed by atoms with E-state index in [0.717, 1.165) is 70.6 Å². The van der Waals surface area contributed by atoms with E-state index in [1.54, 1.807) is 0 Å². The molecule has 0 radical (unpaired) electrons. The van der Waals surface area contributed by atoms with Gasteiger partial charge >= 0.3 is 5.97 Å². The molecule has 348 valence electrons. The van der Waals surface area contributed by atoms with Gasteiger partial charge in [0.1, 0.15) is 30.5 Å². The fourth-order valence-corrected chi connectivity index (χ4v) is 6.55. The molecule has 1 aliphatic rings. The van der Waals surface area contributed by atoms with Gasteiger partial charge < -0.3 is 39.4 Å². The van der Waals surface area contributed by atoms with Crippen LogP contribution in [0, 0.1) is 0 Å². The minimum absolute atomic E-state index is 0.104. The third-order valence-electron chi connectivity index (χ3n) is 10.2. The summed E-state index contributed by atoms with van der Waals surface area (Å²) in [5.74, 6) is -0.401. The van der Waals surface area contributed by atoms with Gasteiger partial charge in [0.05, 0.1) is 19.8 Å². The van der Waals surface area contributed by atoms with Gasteiger partial charge in [-0.2, -0.15) is 0 Å². The molecule has 1 rings (SSSR count). The van der Waals surface area contributed by atoms with Gasteiger partial charge in [-0.15, -0.1) is 0 Å². The highest BCUT2D eigenvalue weighted by molar-refractivity contribution is 5.69. The summed E-state index contributed by atoms with van der Waals surface area (Å²) in [7, 11) is 0. The Hall–Kier alpha value is -2.89. The summed E-state index contributed by atoms with van der Waals surface area (Å²) in [4.78, 5) is 12.8. The highest BCUT2D eigenvalue weighted by Gasteiger charge is 2.44. The minimum atomic E-state index is -1.56. The smallest absolute Gasteiger partial charge is 0.306 e. The maximum absolute atomic E-state index is 12.8. The second-order valence-corrected chi connectivity index (χ2v) is 15.8. The van der Waals surface area contributed by atoms with Crippen LogP contribution in [-0.2, 0) is 23.7 Å². The normalized spacial score (nSPS) is 20.8. The second-order valence-electron chi connectivity index (χ2n) is 15.8. The Labute approximate surface area is 371 Å². The van der Waals surface area contributed by atoms with Crippen molar-refractivity contribution in [1.29, 1.82) is 0 Å². The molecule has 1 heterocycles. The lowest BCUT2D eigenvalue weighted by Crippen LogP contribution is -2.59. The van der Waals surface area contributed by atoms with Crippen LogP contribution in [0.15, 0.2) is 97.2 Å². The average molecular weight is 855 g/mol. The fourth-order valence-electron chi connectivity index (χ4n) is 6.55. The van der Waals surface area contributed by atoms with E-state index in [9.17, 15) is 25.2 Å². The average Bonchev–Trinajstić information content (AvgIpc) is 3.26. The van der Waals surface area contributed by atoms with Gasteiger partial charge in [-0.3, -0.25) is 4.79 Å². The maximum Gasteiger partial charge on any atom is 0.306 e. The molecule has 0 aliphatic carbocycles. The number of carbonyl (C=O) groups excluding carboxylic acids is 1. The van der Waals surface area contributed by atoms with Gasteiger partial charge in [-0.05, 0) is 83.5 Å². The summed E-state index contributed by atoms with van der Waals surface area (Å²) in [6.07, 6.45) is 51.6. The minimum Gasteiger partial charge on any atom is -0.457 e. The molecular formula is C52H86O9. The Morgan fingerprint density at radius 2 is 1.00 bits per heavy atom. The molecule has 0 aromatic carbocycles. The highest BCUT2D eigenvalue weighted by Crippen LogP contribution is 2.22. The quantitative estimate of drug-likeness (QED) is 0.0271. The van der Waals surface area contributed by atoms with Gasteiger partial charge in [0.15, 0.2) is 6.29 Å². The predicted molar refractivity (Wildman–Crippen MR) is 251 cm³/mol. The predicted octanol–water partition coefficient (Wildman–Crippen LogP) is 11.2. The van der Waals surface area contributed by atoms with Crippen molar-refractivity contribution in [3.63, 3.8) is 0 Å². The lowest BCUT2D eigenvalue weighted by atomic mass is 9.99. The first-order valence-corrected chi connectivity index (χ1v) is 23.8. The number of allylic oxidation sites excluding steroid dienone is 16. The molecule has 6 atom stereocenters. The molecule has 0 saturated carbocycles. The number of unbranched alkanes of at least 4 members (excludes halogenated alkanes) is 12. The molecular weight excluding hydrogens is 769 g/mol. The number of hydrogen-bond acceptors (Lipinski definition) is 9. The largest absolute Gasteiger partial charge is 0.457 e. The molecule has 1 fully saturated rings. The van der Waals surface area contributed by atoms with Gasteiger partial charge in [0, 0.05) is 13.0 Å². The number of ether oxygens (including phenoxy) is 4. The summed E-state index contributed by atoms with van der Waals surface area (Å²) < 4.78 is 22.8. The Balaban J connectivity index is 2.32. The van der Waals surface area contributed by atoms with E-state index in [2.05, 4.69) is 98.9 Å². The standard InChI is InChI=1S/C52H86O9/c1-3-5-7-9-11-13-15-17-19-21-23-25-27-29-31-33-35-37-39-41-48(54)60-46(45-59-52-51(57)50(56)49(55)47(43-53)61-52)44-58-42-40-38-36-34-32-30-28-26-24-22-20-18-16-14-12-10-8-6-4-2/h5,7,11,13-14,16-17,19-20,22-23,25,29,31,35,37,46-47,49-53,55-57H,3-4,6,8-10,12,15,18,21,24,26-28,30,32-34,36,38-45H2,1-2H3/b7-5-,13-11-,16-14-,19-17-,22-20-,25-23-,31-29-,37-35-. The van der Waals surface area contributed by atoms with E-state index in [-0.39, 0.29) is 19.6 Å². The lowest BCUT2D eigenvalue weighted by Gasteiger charge is -2.39. The molecule has 1 saturated heterocycles. The van der Waals surface area contributed by atoms with E-state index in [4.69, 9.17) is 18.9 Å². The molecule has 9 nitrogen and oxygen atoms in total. The molecule has 0 amide bonds. The van der Waals surface area contributed by atoms with E-state index in [1.165, 1.54) is 64.2 Å². The van der Waals surface area contributed by atoms with Crippen molar-refractivity contribution in [2.45, 2.75) is 198 Å². The highest BCUT2D eigenvalue weighted by atomic mass is 16.7. The summed E-state index contributed by atoms with van der Waals surface area (Å²) in [6, 6.07) is 0. The molecule has 1 aliphatic heterocycles. The number of rotatable bonds is 39. The lowest BCUT2D eigenvalue weighted by molar-refractivity contribution is -0.305. The molecule has 0 aromatic rings. The molecule has 9 heteroatoms. The zero-order valence-corrected chi connectivity index (χ0v) is 38.1. The van der Waals surface area contributed by atoms with Gasteiger partial charge in [-0.25, -0.2) is 0 Å². The summed E-state index contributed by atoms with van der Waals surface area (Å²) in [5.41, 5.74) is 0. The zero-order valence-electron chi connectivity index (χ0n) is 38.1. The molecule has 61 heavy (non-hydrogen) atoms. The molecule has 0 spiro atoms. The van der Waals surface area contributed by atoms with Crippen LogP contribution in [0.2, 0.25) is 0 Å². The molecule has 0 aromatic heterocycles. The van der Waals surface area contributed by atoms with Gasteiger partial charge in [0.25, 0.3) is 0 Å². The first-order valence-electron chi connectivity index (χ1n) is 23.8. The monoisotopic (exact) mass is 855 g/mol. The Morgan fingerprint density at radius 1 is 0.541 bits per heavy atom. The van der Waals surface area contributed by atoms with Crippen LogP contribution < -0.4 is 0 Å². The van der Waals surface area contributed by atoms with Crippen molar-refractivity contribution in [2.75, 3.05) is 26.4 Å². The Kier molecular flexibility index (Phi) is 39.0. The fraction of sp³-hybridized carbons (Fsp3) is 0.673. The summed E-state index contributed by atoms with van der Waals surface area (Å²) in [6.45, 7) is 4.30. The summed E-state index contributed by atoms with van der Waals surface area (Å²) in [5, 5.41) is 40.2. The molecule has 4 N–H and O–H groups in total. The van der Waals surface area contributed by atoms with E-state index >= 15 is 0 Å². The zero-order chi connectivity index (χ0) is 44.3. The van der Waals surface area contributed by atoms with Crippen LogP contribution in [0.4, 0.5) is 0 Å². The van der Waals surface area contributed by atoms with Crippen LogP contribution >= 0.6 is 0 Å². The van der Waals surface area contributed by atoms with Crippen molar-refractivity contribution in [3.8, 4) is 0 Å². The van der Waals surface area contributed by atoms with Crippen molar-refractivity contribution < 1.29 is 44.2 Å². The first-order chi connectivity index (χ1) is 29.9. The third kappa shape index (κ3) is 33.4. The number of hydrogen-bond donors (Lipinski definition) is 4. The van der Waals surface area contributed by atoms with E-state index in [0.29, 0.717) is 13.0 Å². The van der Waals surface area contributed by atoms with Crippen molar-refractivity contribution in [3.05, 3.63) is 97.2 Å². The Morgan fingerprint density at radius 3 is 1.51 bits per heavy atom. The number of aliphatic hydroxyl groups excluding tert-OH is 4. The Bertz CT molecular complexity index is 1250. The summed E-state index contributed by atoms with van der Waals surface area (Å²) >= 11 is 0. The van der Waals surface area contributed by atoms with Crippen molar-refractivity contribution in [2.24, 2.45) is 0 Å². The molecule has 0 bridgehead atoms. The van der Waals surface area contributed by atoms with Crippen molar-refractivity contribution in [1.82, 2.24) is 0 Å². The van der Waals surface area contributed by atoms with Crippen LogP contribution in [-0.4, -0.2) is 89.6 Å². The third-order valence-corrected chi connectivity index (χ3v) is 10.2. The number of esters is 1. The van der Waals surface area contributed by atoms with Crippen LogP contribution in [0.1, 0.15) is 162 Å². The van der Waals surface area contributed by atoms with Crippen molar-refractivity contribution >= 4 is 5.97 Å². The number of aliphatic hydroxyl groups is 4.